The van der Waals surface area contributed by atoms with Crippen molar-refractivity contribution in [2.24, 2.45) is 50.2 Å². The number of ether oxygens (including phenoxy) is 3. The number of fused-ring (bicyclic) bond motifs is 7. The molecule has 644 valence electrons. The molecule has 0 aromatic carbocycles. The number of esters is 3. The van der Waals surface area contributed by atoms with E-state index in [0.717, 1.165) is 25.7 Å². The third-order valence-electron chi connectivity index (χ3n) is 16.4. The maximum Gasteiger partial charge on any atom is 0.333 e. The summed E-state index contributed by atoms with van der Waals surface area (Å²) in [7, 11) is 0. The Labute approximate surface area is 659 Å². The Morgan fingerprint density at radius 2 is 0.748 bits per heavy atom. The zero-order valence-electron chi connectivity index (χ0n) is 83.7. The van der Waals surface area contributed by atoms with E-state index < -0.39 is 58.7 Å². The van der Waals surface area contributed by atoms with E-state index in [9.17, 15) is 29.7 Å². The average Bonchev–Trinajstić information content (AvgIpc) is 0.671. The van der Waals surface area contributed by atoms with Crippen molar-refractivity contribution in [2.45, 2.75) is 491 Å². The lowest BCUT2D eigenvalue weighted by Crippen LogP contribution is -2.72. The van der Waals surface area contributed by atoms with Crippen molar-refractivity contribution in [3.63, 3.8) is 0 Å². The van der Waals surface area contributed by atoms with Crippen LogP contribution in [0.4, 0.5) is 0 Å². The Morgan fingerprint density at radius 1 is 0.447 bits per heavy atom. The number of carbonyl (C=O) groups is 3. The van der Waals surface area contributed by atoms with Crippen molar-refractivity contribution in [3.8, 4) is 0 Å². The van der Waals surface area contributed by atoms with Crippen molar-refractivity contribution >= 4 is 17.9 Å². The van der Waals surface area contributed by atoms with Crippen molar-refractivity contribution < 1.29 is 43.9 Å². The van der Waals surface area contributed by atoms with Gasteiger partial charge < -0.3 is 29.5 Å². The van der Waals surface area contributed by atoms with E-state index >= 15 is 0 Å². The molecule has 5 aliphatic carbocycles. The Morgan fingerprint density at radius 3 is 1.05 bits per heavy atom. The van der Waals surface area contributed by atoms with Gasteiger partial charge in [-0.05, 0) is 120 Å². The summed E-state index contributed by atoms with van der Waals surface area (Å²) in [5.41, 5.74) is -0.778. The molecule has 0 saturated heterocycles. The molecular weight excluding hydrogens is 1270 g/mol. The van der Waals surface area contributed by atoms with Gasteiger partial charge in [-0.25, -0.2) is 14.4 Å². The van der Waals surface area contributed by atoms with Crippen LogP contribution >= 0.6 is 0 Å². The van der Waals surface area contributed by atoms with Gasteiger partial charge in [-0.3, -0.25) is 0 Å². The minimum atomic E-state index is -1.29. The average molecular weight is 1490 g/mol. The molecule has 0 aromatic heterocycles. The van der Waals surface area contributed by atoms with Crippen LogP contribution in [0.3, 0.4) is 0 Å². The molecule has 0 spiro atoms. The first-order valence-electron chi connectivity index (χ1n) is 44.7. The van der Waals surface area contributed by atoms with Gasteiger partial charge in [-0.2, -0.15) is 0 Å². The molecule has 103 heavy (non-hydrogen) atoms. The molecule has 5 rings (SSSR count). The fourth-order valence-electron chi connectivity index (χ4n) is 12.4. The first-order chi connectivity index (χ1) is 49.5. The first-order valence-corrected chi connectivity index (χ1v) is 44.7. The largest absolute Gasteiger partial charge is 0.462 e. The predicted molar refractivity (Wildman–Crippen MR) is 485 cm³/mol. The number of allylic oxidation sites excluding steroid dienone is 5. The quantitative estimate of drug-likeness (QED) is 0.0938. The van der Waals surface area contributed by atoms with Gasteiger partial charge in [0.05, 0.1) is 18.1 Å². The first kappa shape index (κ1) is 153. The zero-order chi connectivity index (χ0) is 89.1. The van der Waals surface area contributed by atoms with E-state index in [1.807, 2.05) is 346 Å². The highest BCUT2D eigenvalue weighted by atomic mass is 16.6. The van der Waals surface area contributed by atoms with Crippen LogP contribution < -0.4 is 0 Å². The van der Waals surface area contributed by atoms with Crippen LogP contribution in [0.1, 0.15) is 467 Å². The Bertz CT molecular complexity index is 1660. The molecule has 0 heterocycles. The number of hydrogen-bond acceptors (Lipinski definition) is 9. The van der Waals surface area contributed by atoms with E-state index in [0.29, 0.717) is 36.0 Å². The summed E-state index contributed by atoms with van der Waals surface area (Å²) < 4.78 is 18.3. The summed E-state index contributed by atoms with van der Waals surface area (Å²) in [4.78, 5) is 39.3. The lowest BCUT2D eigenvalue weighted by molar-refractivity contribution is -0.263. The second-order valence-corrected chi connectivity index (χ2v) is 19.9. The molecule has 0 amide bonds. The second-order valence-electron chi connectivity index (χ2n) is 19.9. The Hall–Kier alpha value is -2.75. The summed E-state index contributed by atoms with van der Waals surface area (Å²) in [6.07, 6.45) is 9.94. The van der Waals surface area contributed by atoms with Gasteiger partial charge in [0.2, 0.25) is 0 Å². The van der Waals surface area contributed by atoms with Gasteiger partial charge in [-0.15, -0.1) is 0 Å². The molecule has 0 aromatic rings. The molecule has 9 heteroatoms. The van der Waals surface area contributed by atoms with Crippen LogP contribution in [0.5, 0.6) is 0 Å². The summed E-state index contributed by atoms with van der Waals surface area (Å²) in [6.45, 7) is 120. The highest BCUT2D eigenvalue weighted by Crippen LogP contribution is 2.76. The van der Waals surface area contributed by atoms with Crippen LogP contribution in [0.15, 0.2) is 46.6 Å². The third-order valence-corrected chi connectivity index (χ3v) is 16.4. The molecule has 12 atom stereocenters. The SMILES string of the molecule is C/C=C(\C)C(=O)OC[C@]1(C)C2CC[C@]3(C)C(CC=C4C5CC(C)(C)[C@@H](OC(=O)/C(C)=C/C)[C@H](O)[C@]5(CO)[C@H](O)C[C@]43C)[C@@]2(C)CC[C@@H]1OC(=O)/C(C)=C/C.CC.CC.CC.CC.CC.CC.CC.CC.CC.CC.CC.CC.CC.CC.CC.CC.CC.CC.CC.CC.CC.CC.CC.CCC. The lowest BCUT2D eigenvalue weighted by Gasteiger charge is -2.72. The number of aliphatic hydroxyl groups is 3. The minimum Gasteiger partial charge on any atom is -0.462 e. The van der Waals surface area contributed by atoms with E-state index in [4.69, 9.17) is 14.2 Å². The van der Waals surface area contributed by atoms with Gasteiger partial charge in [0.15, 0.2) is 0 Å². The summed E-state index contributed by atoms with van der Waals surface area (Å²) in [6, 6.07) is 0. The van der Waals surface area contributed by atoms with Crippen LogP contribution in [-0.2, 0) is 28.6 Å². The number of carbonyl (C=O) groups excluding carboxylic acids is 3. The van der Waals surface area contributed by atoms with Crippen LogP contribution in [0, 0.1) is 50.2 Å². The van der Waals surface area contributed by atoms with Crippen LogP contribution in [0.25, 0.3) is 0 Å². The fraction of sp³-hybridized carbons (Fsp3) is 0.883. The minimum absolute atomic E-state index is 0.0781. The molecule has 0 radical (unpaired) electrons. The summed E-state index contributed by atoms with van der Waals surface area (Å²) in [5.74, 6) is -1.27. The number of hydrogen-bond donors (Lipinski definition) is 3. The maximum atomic E-state index is 13.2. The predicted octanol–water partition coefficient (Wildman–Crippen LogP) is 32.6. The van der Waals surface area contributed by atoms with Crippen LogP contribution in [0.2, 0.25) is 0 Å². The van der Waals surface area contributed by atoms with E-state index in [1.165, 1.54) is 12.0 Å². The van der Waals surface area contributed by atoms with Crippen molar-refractivity contribution in [1.29, 1.82) is 0 Å². The Kier molecular flexibility index (Phi) is 168. The molecule has 4 fully saturated rings. The normalized spacial score (nSPS) is 24.2. The molecule has 4 saturated carbocycles. The molecule has 0 bridgehead atoms. The Balaban J connectivity index is -0.0000000660. The summed E-state index contributed by atoms with van der Waals surface area (Å²) in [5, 5.41) is 35.8. The van der Waals surface area contributed by atoms with Gasteiger partial charge in [0, 0.05) is 27.5 Å². The number of rotatable bonds is 8. The van der Waals surface area contributed by atoms with Crippen molar-refractivity contribution in [3.05, 3.63) is 46.6 Å². The van der Waals surface area contributed by atoms with E-state index in [2.05, 4.69) is 47.6 Å². The van der Waals surface area contributed by atoms with Gasteiger partial charge in [-0.1, -0.05) is 410 Å². The second kappa shape index (κ2) is 113. The van der Waals surface area contributed by atoms with E-state index in [1.54, 1.807) is 45.9 Å². The fourth-order valence-corrected chi connectivity index (χ4v) is 12.4. The lowest BCUT2D eigenvalue weighted by atomic mass is 9.33. The standard InChI is InChI=1S/C45H68O9.C3H8.23C2H6/c1-13-26(4)37(49)52-25-42(10)31-18-21-43(11)32(41(31,9)20-19-34(42)53-38(50)27(5)14-2)17-16-29-30-22-40(7,8)36(54-39(51)28(6)15-3)35(48)45(30,24-46)33(47)23-44(29,43)12;1-3-2;23*1-2/h13-16,30-36,46-48H,17-25H2,1-12H3;3H2,1-2H3;23*1-2H3/b26-13+,27-14+,28-15+;;;;;;;;;;;;;;;;;;;;;;;;/t30?,31?,32?,33-,34+,35+,36+,41+,42-,43-,44-,45+;;;;;;;;;;;;;;;;;;;;;;;;/m1......................../s1. The van der Waals surface area contributed by atoms with Gasteiger partial charge in [0.1, 0.15) is 24.9 Å². The zero-order valence-corrected chi connectivity index (χ0v) is 83.7. The van der Waals surface area contributed by atoms with Crippen molar-refractivity contribution in [2.75, 3.05) is 13.2 Å². The molecule has 9 nitrogen and oxygen atoms in total. The molecular formula is C94H214O9. The smallest absolute Gasteiger partial charge is 0.333 e. The molecule has 3 N–H and O–H groups in total. The van der Waals surface area contributed by atoms with Gasteiger partial charge in [0.25, 0.3) is 0 Å². The van der Waals surface area contributed by atoms with Gasteiger partial charge >= 0.3 is 17.9 Å². The molecule has 0 aliphatic heterocycles. The summed E-state index contributed by atoms with van der Waals surface area (Å²) >= 11 is 0. The third kappa shape index (κ3) is 50.6. The molecule has 3 unspecified atom stereocenters. The monoisotopic (exact) mass is 1490 g/mol. The highest BCUT2D eigenvalue weighted by Gasteiger charge is 2.73. The topological polar surface area (TPSA) is 140 Å². The maximum absolute atomic E-state index is 13.2. The van der Waals surface area contributed by atoms with E-state index in [-0.39, 0.29) is 47.1 Å². The van der Waals surface area contributed by atoms with Crippen LogP contribution in [-0.4, -0.2) is 70.9 Å². The highest BCUT2D eigenvalue weighted by molar-refractivity contribution is 5.88. The molecule has 5 aliphatic rings. The number of aliphatic hydroxyl groups excluding tert-OH is 3. The van der Waals surface area contributed by atoms with Crippen molar-refractivity contribution in [1.82, 2.24) is 0 Å².